The number of unbranched alkanes of at least 4 members (excludes halogenated alkanes) is 1. The monoisotopic (exact) mass is 391 g/mol. The average Bonchev–Trinajstić information content (AvgIpc) is 2.67. The van der Waals surface area contributed by atoms with E-state index < -0.39 is 18.1 Å². The maximum atomic E-state index is 12.1. The van der Waals surface area contributed by atoms with Crippen LogP contribution in [-0.2, 0) is 25.7 Å². The normalized spacial score (nSPS) is 15.3. The first-order valence-corrected chi connectivity index (χ1v) is 9.09. The fourth-order valence-corrected chi connectivity index (χ4v) is 2.86. The summed E-state index contributed by atoms with van der Waals surface area (Å²) in [5, 5.41) is 12.0. The quantitative estimate of drug-likeness (QED) is 0.603. The summed E-state index contributed by atoms with van der Waals surface area (Å²) in [4.78, 5) is 49.4. The van der Waals surface area contributed by atoms with Gasteiger partial charge in [0.1, 0.15) is 19.2 Å². The molecule has 1 aliphatic rings. The first-order valence-electron chi connectivity index (χ1n) is 9.09. The van der Waals surface area contributed by atoms with Gasteiger partial charge in [0.05, 0.1) is 6.54 Å². The Kier molecular flexibility index (Phi) is 7.79. The van der Waals surface area contributed by atoms with Crippen molar-refractivity contribution in [2.75, 3.05) is 26.7 Å². The fraction of sp³-hybridized carbons (Fsp3) is 0.474. The first-order chi connectivity index (χ1) is 13.4. The third-order valence-corrected chi connectivity index (χ3v) is 4.47. The number of rotatable bonds is 9. The van der Waals surface area contributed by atoms with E-state index in [4.69, 9.17) is 4.74 Å². The molecule has 1 aliphatic heterocycles. The van der Waals surface area contributed by atoms with E-state index in [9.17, 15) is 24.3 Å². The summed E-state index contributed by atoms with van der Waals surface area (Å²) in [6.45, 7) is 0.163. The van der Waals surface area contributed by atoms with E-state index >= 15 is 0 Å². The number of amides is 3. The Labute approximate surface area is 163 Å². The number of alkyl carbamates (subject to hydrolysis) is 1. The van der Waals surface area contributed by atoms with Gasteiger partial charge in [-0.15, -0.1) is 0 Å². The van der Waals surface area contributed by atoms with Gasteiger partial charge in [0.25, 0.3) is 0 Å². The number of aliphatic carboxylic acids is 1. The second kappa shape index (κ2) is 10.3. The number of likely N-dealkylation sites (N-methyl/N-ethyl adjacent to an activating group) is 1. The summed E-state index contributed by atoms with van der Waals surface area (Å²) < 4.78 is 5.09. The second-order valence-corrected chi connectivity index (χ2v) is 6.61. The Balaban J connectivity index is 1.69. The van der Waals surface area contributed by atoms with Gasteiger partial charge >= 0.3 is 12.1 Å². The summed E-state index contributed by atoms with van der Waals surface area (Å²) in [7, 11) is 1.51. The zero-order chi connectivity index (χ0) is 20.5. The van der Waals surface area contributed by atoms with Gasteiger partial charge in [-0.1, -0.05) is 30.3 Å². The van der Waals surface area contributed by atoms with Gasteiger partial charge in [-0.25, -0.2) is 9.59 Å². The number of nitrogens with one attached hydrogen (secondary N) is 1. The van der Waals surface area contributed by atoms with Gasteiger partial charge in [-0.05, 0) is 24.8 Å². The number of nitrogens with zero attached hydrogens (tertiary/aromatic N) is 2. The van der Waals surface area contributed by atoms with Crippen molar-refractivity contribution in [2.45, 2.75) is 31.9 Å². The standard InChI is InChI=1S/C19H25N3O6/c1-21-11-17(24)22(12-16(21)23)15(18(25)26)9-5-6-10-20-19(27)28-13-14-7-3-2-4-8-14/h2-4,7-8,15H,5-6,9-13H2,1H3,(H,20,27)(H,25,26)/t15-/m0/s1. The lowest BCUT2D eigenvalue weighted by Crippen LogP contribution is -2.57. The molecule has 1 fully saturated rings. The van der Waals surface area contributed by atoms with Crippen LogP contribution in [-0.4, -0.2) is 71.5 Å². The van der Waals surface area contributed by atoms with Crippen LogP contribution >= 0.6 is 0 Å². The van der Waals surface area contributed by atoms with Crippen LogP contribution in [0.2, 0.25) is 0 Å². The van der Waals surface area contributed by atoms with Crippen molar-refractivity contribution in [3.63, 3.8) is 0 Å². The number of piperazine rings is 1. The minimum absolute atomic E-state index is 0.114. The van der Waals surface area contributed by atoms with Crippen LogP contribution < -0.4 is 5.32 Å². The highest BCUT2D eigenvalue weighted by Crippen LogP contribution is 2.14. The molecule has 152 valence electrons. The summed E-state index contributed by atoms with van der Waals surface area (Å²) in [5.74, 6) is -1.80. The maximum Gasteiger partial charge on any atom is 0.407 e. The number of carboxylic acids is 1. The van der Waals surface area contributed by atoms with Crippen LogP contribution in [0.25, 0.3) is 0 Å². The largest absolute Gasteiger partial charge is 0.480 e. The smallest absolute Gasteiger partial charge is 0.407 e. The second-order valence-electron chi connectivity index (χ2n) is 6.61. The highest BCUT2D eigenvalue weighted by atomic mass is 16.5. The SMILES string of the molecule is CN1CC(=O)N([C@@H](CCCCNC(=O)OCc2ccccc2)C(=O)O)CC1=O. The lowest BCUT2D eigenvalue weighted by Gasteiger charge is -2.35. The van der Waals surface area contributed by atoms with Crippen molar-refractivity contribution in [2.24, 2.45) is 0 Å². The molecule has 9 nitrogen and oxygen atoms in total. The summed E-state index contributed by atoms with van der Waals surface area (Å²) >= 11 is 0. The van der Waals surface area contributed by atoms with Crippen molar-refractivity contribution in [3.8, 4) is 0 Å². The van der Waals surface area contributed by atoms with Gasteiger partial charge in [-0.3, -0.25) is 9.59 Å². The molecule has 0 spiro atoms. The summed E-state index contributed by atoms with van der Waals surface area (Å²) in [5.41, 5.74) is 0.883. The lowest BCUT2D eigenvalue weighted by atomic mass is 10.1. The minimum atomic E-state index is -1.14. The van der Waals surface area contributed by atoms with Crippen molar-refractivity contribution in [1.29, 1.82) is 0 Å². The molecule has 0 radical (unpaired) electrons. The van der Waals surface area contributed by atoms with E-state index in [0.717, 1.165) is 10.5 Å². The lowest BCUT2D eigenvalue weighted by molar-refractivity contribution is -0.158. The number of hydrogen-bond donors (Lipinski definition) is 2. The molecule has 0 aliphatic carbocycles. The van der Waals surface area contributed by atoms with Gasteiger partial charge in [0.2, 0.25) is 11.8 Å². The third kappa shape index (κ3) is 6.26. The third-order valence-electron chi connectivity index (χ3n) is 4.47. The van der Waals surface area contributed by atoms with Crippen LogP contribution in [0.5, 0.6) is 0 Å². The molecule has 2 rings (SSSR count). The Morgan fingerprint density at radius 1 is 1.14 bits per heavy atom. The Morgan fingerprint density at radius 2 is 1.86 bits per heavy atom. The van der Waals surface area contributed by atoms with Crippen molar-refractivity contribution in [1.82, 2.24) is 15.1 Å². The molecule has 0 bridgehead atoms. The van der Waals surface area contributed by atoms with Crippen molar-refractivity contribution in [3.05, 3.63) is 35.9 Å². The topological polar surface area (TPSA) is 116 Å². The van der Waals surface area contributed by atoms with Gasteiger partial charge in [-0.2, -0.15) is 0 Å². The predicted octanol–water partition coefficient (Wildman–Crippen LogP) is 0.837. The number of carboxylic acid groups (broad SMARTS) is 1. The van der Waals surface area contributed by atoms with E-state index in [0.29, 0.717) is 19.4 Å². The van der Waals surface area contributed by atoms with E-state index in [1.807, 2.05) is 30.3 Å². The molecule has 0 saturated carbocycles. The summed E-state index contributed by atoms with van der Waals surface area (Å²) in [6.07, 6.45) is 0.668. The Hall–Kier alpha value is -3.10. The van der Waals surface area contributed by atoms with Crippen LogP contribution in [0.15, 0.2) is 30.3 Å². The molecule has 3 amide bonds. The van der Waals surface area contributed by atoms with Gasteiger partial charge < -0.3 is 25.0 Å². The number of hydrogen-bond acceptors (Lipinski definition) is 5. The van der Waals surface area contributed by atoms with Crippen molar-refractivity contribution >= 4 is 23.9 Å². The van der Waals surface area contributed by atoms with Crippen molar-refractivity contribution < 1.29 is 29.0 Å². The van der Waals surface area contributed by atoms with Crippen LogP contribution in [0.1, 0.15) is 24.8 Å². The Bertz CT molecular complexity index is 709. The van der Waals surface area contributed by atoms with E-state index in [-0.39, 0.29) is 37.9 Å². The minimum Gasteiger partial charge on any atom is -0.480 e. The molecular weight excluding hydrogens is 366 g/mol. The molecule has 0 aromatic heterocycles. The molecule has 1 heterocycles. The number of carbonyl (C=O) groups excluding carboxylic acids is 3. The van der Waals surface area contributed by atoms with E-state index in [2.05, 4.69) is 5.32 Å². The molecule has 1 saturated heterocycles. The predicted molar refractivity (Wildman–Crippen MR) is 99.3 cm³/mol. The van der Waals surface area contributed by atoms with E-state index in [1.54, 1.807) is 0 Å². The average molecular weight is 391 g/mol. The zero-order valence-corrected chi connectivity index (χ0v) is 15.8. The molecule has 0 unspecified atom stereocenters. The van der Waals surface area contributed by atoms with Crippen LogP contribution in [0.3, 0.4) is 0 Å². The highest BCUT2D eigenvalue weighted by molar-refractivity contribution is 5.94. The first kappa shape index (κ1) is 21.2. The summed E-state index contributed by atoms with van der Waals surface area (Å²) in [6, 6.07) is 8.24. The molecule has 1 atom stereocenters. The number of ether oxygens (including phenoxy) is 1. The van der Waals surface area contributed by atoms with Gasteiger partial charge in [0, 0.05) is 13.6 Å². The number of carbonyl (C=O) groups is 4. The fourth-order valence-electron chi connectivity index (χ4n) is 2.86. The Morgan fingerprint density at radius 3 is 2.54 bits per heavy atom. The van der Waals surface area contributed by atoms with Crippen LogP contribution in [0.4, 0.5) is 4.79 Å². The molecule has 9 heteroatoms. The van der Waals surface area contributed by atoms with E-state index in [1.165, 1.54) is 11.9 Å². The molecule has 28 heavy (non-hydrogen) atoms. The maximum absolute atomic E-state index is 12.1. The molecular formula is C19H25N3O6. The molecule has 1 aromatic rings. The molecule has 1 aromatic carbocycles. The highest BCUT2D eigenvalue weighted by Gasteiger charge is 2.35. The van der Waals surface area contributed by atoms with Crippen LogP contribution in [0, 0.1) is 0 Å². The zero-order valence-electron chi connectivity index (χ0n) is 15.8. The number of benzene rings is 1. The molecule has 2 N–H and O–H groups in total. The van der Waals surface area contributed by atoms with Gasteiger partial charge in [0.15, 0.2) is 0 Å².